The Morgan fingerprint density at radius 1 is 0.967 bits per heavy atom. The van der Waals surface area contributed by atoms with Gasteiger partial charge in [-0.3, -0.25) is 9.59 Å². The third kappa shape index (κ3) is 6.91. The molecule has 0 spiro atoms. The third-order valence-electron chi connectivity index (χ3n) is 5.74. The van der Waals surface area contributed by atoms with Gasteiger partial charge in [0.1, 0.15) is 0 Å². The monoisotopic (exact) mass is 424 g/mol. The van der Waals surface area contributed by atoms with Crippen LogP contribution in [0.5, 0.6) is 0 Å². The van der Waals surface area contributed by atoms with Crippen LogP contribution in [0.3, 0.4) is 0 Å². The molecule has 1 fully saturated rings. The van der Waals surface area contributed by atoms with Crippen molar-refractivity contribution in [2.75, 3.05) is 18.8 Å². The van der Waals surface area contributed by atoms with Gasteiger partial charge in [0.15, 0.2) is 0 Å². The van der Waals surface area contributed by atoms with Crippen LogP contribution in [0.1, 0.15) is 60.9 Å². The van der Waals surface area contributed by atoms with Crippen molar-refractivity contribution in [2.45, 2.75) is 49.8 Å². The van der Waals surface area contributed by atoms with Gasteiger partial charge in [0.2, 0.25) is 5.91 Å². The van der Waals surface area contributed by atoms with E-state index >= 15 is 0 Å². The molecule has 0 aliphatic heterocycles. The van der Waals surface area contributed by atoms with E-state index in [9.17, 15) is 9.59 Å². The van der Waals surface area contributed by atoms with Crippen molar-refractivity contribution < 1.29 is 9.59 Å². The summed E-state index contributed by atoms with van der Waals surface area (Å²) in [6, 6.07) is 17.7. The Balaban J connectivity index is 1.48. The molecule has 1 aliphatic rings. The molecule has 0 bridgehead atoms. The molecule has 3 rings (SSSR count). The molecular formula is C25H32N2O2S. The predicted molar refractivity (Wildman–Crippen MR) is 124 cm³/mol. The van der Waals surface area contributed by atoms with Crippen LogP contribution in [-0.2, 0) is 4.79 Å². The molecule has 0 saturated heterocycles. The minimum Gasteiger partial charge on any atom is -0.355 e. The minimum absolute atomic E-state index is 0.0403. The van der Waals surface area contributed by atoms with Crippen LogP contribution in [0.25, 0.3) is 0 Å². The van der Waals surface area contributed by atoms with Gasteiger partial charge in [0.25, 0.3) is 5.91 Å². The van der Waals surface area contributed by atoms with E-state index in [1.165, 1.54) is 49.4 Å². The van der Waals surface area contributed by atoms with Gasteiger partial charge in [0.05, 0.1) is 11.3 Å². The van der Waals surface area contributed by atoms with Gasteiger partial charge in [-0.1, -0.05) is 68.7 Å². The molecule has 1 unspecified atom stereocenters. The van der Waals surface area contributed by atoms with Crippen molar-refractivity contribution in [2.24, 2.45) is 5.92 Å². The average molecular weight is 425 g/mol. The van der Waals surface area contributed by atoms with Crippen LogP contribution in [0.2, 0.25) is 0 Å². The maximum atomic E-state index is 12.8. The summed E-state index contributed by atoms with van der Waals surface area (Å²) in [7, 11) is 0. The molecule has 5 heteroatoms. The van der Waals surface area contributed by atoms with E-state index in [2.05, 4.69) is 29.7 Å². The molecule has 2 aromatic carbocycles. The second-order valence-corrected chi connectivity index (χ2v) is 9.13. The number of amides is 2. The van der Waals surface area contributed by atoms with Gasteiger partial charge in [0, 0.05) is 18.0 Å². The van der Waals surface area contributed by atoms with Gasteiger partial charge in [-0.2, -0.15) is 0 Å². The first-order valence-electron chi connectivity index (χ1n) is 10.9. The maximum Gasteiger partial charge on any atom is 0.252 e. The molecule has 4 nitrogen and oxygen atoms in total. The molecule has 2 N–H and O–H groups in total. The number of benzene rings is 2. The molecule has 2 aromatic rings. The summed E-state index contributed by atoms with van der Waals surface area (Å²) in [6.07, 6.45) is 6.32. The number of thioether (sulfide) groups is 1. The van der Waals surface area contributed by atoms with Crippen molar-refractivity contribution in [3.05, 3.63) is 65.7 Å². The highest BCUT2D eigenvalue weighted by atomic mass is 32.2. The van der Waals surface area contributed by atoms with Crippen molar-refractivity contribution in [3.8, 4) is 0 Å². The van der Waals surface area contributed by atoms with Gasteiger partial charge in [-0.05, 0) is 42.4 Å². The van der Waals surface area contributed by atoms with E-state index in [-0.39, 0.29) is 17.7 Å². The molecule has 1 atom stereocenters. The Bertz CT molecular complexity index is 819. The van der Waals surface area contributed by atoms with E-state index in [0.29, 0.717) is 23.8 Å². The second-order valence-electron chi connectivity index (χ2n) is 8.11. The van der Waals surface area contributed by atoms with Crippen LogP contribution in [0.4, 0.5) is 0 Å². The SMILES string of the molecule is CC(CNC(=O)c1ccccc1SCC(=O)NCC1CCCCC1)c1ccccc1. The van der Waals surface area contributed by atoms with Crippen molar-refractivity contribution in [1.82, 2.24) is 10.6 Å². The van der Waals surface area contributed by atoms with Gasteiger partial charge >= 0.3 is 0 Å². The fraction of sp³-hybridized carbons (Fsp3) is 0.440. The molecular weight excluding hydrogens is 392 g/mol. The molecule has 160 valence electrons. The van der Waals surface area contributed by atoms with Gasteiger partial charge in [-0.15, -0.1) is 11.8 Å². The largest absolute Gasteiger partial charge is 0.355 e. The zero-order valence-corrected chi connectivity index (χ0v) is 18.5. The number of rotatable bonds is 9. The summed E-state index contributed by atoms with van der Waals surface area (Å²) >= 11 is 1.43. The number of carbonyl (C=O) groups is 2. The number of carbonyl (C=O) groups excluding carboxylic acids is 2. The fourth-order valence-electron chi connectivity index (χ4n) is 3.86. The van der Waals surface area contributed by atoms with E-state index < -0.39 is 0 Å². The lowest BCUT2D eigenvalue weighted by Gasteiger charge is -2.21. The van der Waals surface area contributed by atoms with Gasteiger partial charge < -0.3 is 10.6 Å². The van der Waals surface area contributed by atoms with Crippen LogP contribution in [0.15, 0.2) is 59.5 Å². The van der Waals surface area contributed by atoms with Crippen LogP contribution in [0, 0.1) is 5.92 Å². The molecule has 1 saturated carbocycles. The standard InChI is InChI=1S/C25H32N2O2S/c1-19(21-12-6-3-7-13-21)16-27-25(29)22-14-8-9-15-23(22)30-18-24(28)26-17-20-10-4-2-5-11-20/h3,6-9,12-15,19-20H,2,4-5,10-11,16-18H2,1H3,(H,26,28)(H,27,29). The van der Waals surface area contributed by atoms with Crippen molar-refractivity contribution >= 4 is 23.6 Å². The molecule has 0 radical (unpaired) electrons. The average Bonchev–Trinajstić information content (AvgIpc) is 2.81. The first kappa shape index (κ1) is 22.4. The lowest BCUT2D eigenvalue weighted by Crippen LogP contribution is -2.31. The first-order valence-corrected chi connectivity index (χ1v) is 11.9. The smallest absolute Gasteiger partial charge is 0.252 e. The molecule has 0 aromatic heterocycles. The highest BCUT2D eigenvalue weighted by Crippen LogP contribution is 2.24. The first-order chi connectivity index (χ1) is 14.6. The molecule has 30 heavy (non-hydrogen) atoms. The summed E-state index contributed by atoms with van der Waals surface area (Å²) in [6.45, 7) is 3.45. The zero-order valence-electron chi connectivity index (χ0n) is 17.7. The highest BCUT2D eigenvalue weighted by Gasteiger charge is 2.16. The van der Waals surface area contributed by atoms with E-state index in [1.807, 2.05) is 42.5 Å². The lowest BCUT2D eigenvalue weighted by atomic mass is 9.89. The predicted octanol–water partition coefficient (Wildman–Crippen LogP) is 5.01. The van der Waals surface area contributed by atoms with E-state index in [0.717, 1.165) is 11.4 Å². The number of hydrogen-bond acceptors (Lipinski definition) is 3. The highest BCUT2D eigenvalue weighted by molar-refractivity contribution is 8.00. The zero-order chi connectivity index (χ0) is 21.2. The molecule has 1 aliphatic carbocycles. The van der Waals surface area contributed by atoms with Crippen molar-refractivity contribution in [3.63, 3.8) is 0 Å². The van der Waals surface area contributed by atoms with Gasteiger partial charge in [-0.25, -0.2) is 0 Å². The fourth-order valence-corrected chi connectivity index (χ4v) is 4.74. The number of nitrogens with one attached hydrogen (secondary N) is 2. The Labute approximate surface area is 184 Å². The van der Waals surface area contributed by atoms with E-state index in [4.69, 9.17) is 0 Å². The maximum absolute atomic E-state index is 12.8. The van der Waals surface area contributed by atoms with Crippen molar-refractivity contribution in [1.29, 1.82) is 0 Å². The van der Waals surface area contributed by atoms with E-state index in [1.54, 1.807) is 0 Å². The Hall–Kier alpha value is -2.27. The summed E-state index contributed by atoms with van der Waals surface area (Å²) in [5, 5.41) is 6.11. The van der Waals surface area contributed by atoms with Crippen LogP contribution < -0.4 is 10.6 Å². The minimum atomic E-state index is -0.0940. The number of hydrogen-bond donors (Lipinski definition) is 2. The molecule has 2 amide bonds. The lowest BCUT2D eigenvalue weighted by molar-refractivity contribution is -0.118. The summed E-state index contributed by atoms with van der Waals surface area (Å²) in [5.74, 6) is 1.14. The summed E-state index contributed by atoms with van der Waals surface area (Å²) < 4.78 is 0. The third-order valence-corrected chi connectivity index (χ3v) is 6.81. The Morgan fingerprint density at radius 3 is 2.43 bits per heavy atom. The van der Waals surface area contributed by atoms with Crippen LogP contribution in [-0.4, -0.2) is 30.7 Å². The van der Waals surface area contributed by atoms with Crippen LogP contribution >= 0.6 is 11.8 Å². The Morgan fingerprint density at radius 2 is 1.67 bits per heavy atom. The normalized spacial score (nSPS) is 15.4. The summed E-state index contributed by atoms with van der Waals surface area (Å²) in [4.78, 5) is 25.9. The Kier molecular flexibility index (Phi) is 8.81. The topological polar surface area (TPSA) is 58.2 Å². The summed E-state index contributed by atoms with van der Waals surface area (Å²) in [5.41, 5.74) is 1.83. The quantitative estimate of drug-likeness (QED) is 0.557. The second kappa shape index (κ2) is 11.8. The molecule has 0 heterocycles.